The van der Waals surface area contributed by atoms with E-state index in [0.29, 0.717) is 11.6 Å². The Kier molecular flexibility index (Phi) is 5.24. The van der Waals surface area contributed by atoms with Crippen LogP contribution in [0.4, 0.5) is 5.82 Å². The van der Waals surface area contributed by atoms with Crippen LogP contribution in [0.2, 0.25) is 5.02 Å². The highest BCUT2D eigenvalue weighted by molar-refractivity contribution is 6.31. The maximum atomic E-state index is 6.16. The summed E-state index contributed by atoms with van der Waals surface area (Å²) >= 11 is 6.16. The van der Waals surface area contributed by atoms with Crippen molar-refractivity contribution in [2.45, 2.75) is 26.9 Å². The average Bonchev–Trinajstić information content (AvgIpc) is 2.45. The van der Waals surface area contributed by atoms with Gasteiger partial charge in [-0.05, 0) is 43.2 Å². The highest BCUT2D eigenvalue weighted by Crippen LogP contribution is 2.20. The summed E-state index contributed by atoms with van der Waals surface area (Å²) in [5.41, 5.74) is 1.91. The second kappa shape index (κ2) is 7.15. The lowest BCUT2D eigenvalue weighted by molar-refractivity contribution is 0.301. The van der Waals surface area contributed by atoms with Gasteiger partial charge in [-0.2, -0.15) is 0 Å². The first-order valence-corrected chi connectivity index (χ1v) is 7.15. The molecule has 0 spiro atoms. The van der Waals surface area contributed by atoms with E-state index >= 15 is 0 Å². The van der Waals surface area contributed by atoms with Crippen molar-refractivity contribution in [2.24, 2.45) is 0 Å². The number of rotatable bonds is 6. The Morgan fingerprint density at radius 2 is 2.10 bits per heavy atom. The summed E-state index contributed by atoms with van der Waals surface area (Å²) in [6, 6.07) is 11.7. The van der Waals surface area contributed by atoms with Crippen molar-refractivity contribution < 1.29 is 4.74 Å². The molecule has 0 unspecified atom stereocenters. The second-order valence-electron chi connectivity index (χ2n) is 4.66. The van der Waals surface area contributed by atoms with Crippen LogP contribution < -0.4 is 10.1 Å². The van der Waals surface area contributed by atoms with E-state index in [1.54, 1.807) is 0 Å². The van der Waals surface area contributed by atoms with Crippen LogP contribution in [0.3, 0.4) is 0 Å². The number of halogens is 1. The molecule has 0 aliphatic rings. The van der Waals surface area contributed by atoms with Gasteiger partial charge in [-0.15, -0.1) is 0 Å². The Labute approximate surface area is 124 Å². The van der Waals surface area contributed by atoms with Crippen molar-refractivity contribution in [3.8, 4) is 5.75 Å². The van der Waals surface area contributed by atoms with Gasteiger partial charge in [-0.25, -0.2) is 4.98 Å². The van der Waals surface area contributed by atoms with E-state index < -0.39 is 0 Å². The summed E-state index contributed by atoms with van der Waals surface area (Å²) in [4.78, 5) is 4.48. The topological polar surface area (TPSA) is 34.1 Å². The number of nitrogens with zero attached hydrogens (tertiary/aromatic N) is 1. The molecule has 0 saturated heterocycles. The molecular weight excluding hydrogens is 272 g/mol. The van der Waals surface area contributed by atoms with Crippen molar-refractivity contribution in [3.63, 3.8) is 0 Å². The number of hydrogen-bond acceptors (Lipinski definition) is 3. The van der Waals surface area contributed by atoms with Crippen molar-refractivity contribution in [2.75, 3.05) is 11.9 Å². The molecule has 0 atom stereocenters. The van der Waals surface area contributed by atoms with E-state index in [-0.39, 0.29) is 0 Å². The van der Waals surface area contributed by atoms with Crippen molar-refractivity contribution in [1.29, 1.82) is 0 Å². The molecular formula is C16H19ClN2O. The van der Waals surface area contributed by atoms with Gasteiger partial charge in [0.25, 0.3) is 0 Å². The van der Waals surface area contributed by atoms with Crippen LogP contribution in [-0.4, -0.2) is 11.5 Å². The lowest BCUT2D eigenvalue weighted by atomic mass is 10.2. The second-order valence-corrected chi connectivity index (χ2v) is 5.06. The molecule has 20 heavy (non-hydrogen) atoms. The number of ether oxygens (including phenoxy) is 1. The fourth-order valence-electron chi connectivity index (χ4n) is 1.79. The number of aromatic nitrogens is 1. The molecule has 1 aromatic carbocycles. The maximum Gasteiger partial charge on any atom is 0.132 e. The minimum absolute atomic E-state index is 0.365. The Morgan fingerprint density at radius 3 is 2.85 bits per heavy atom. The molecule has 3 nitrogen and oxygen atoms in total. The SMILES string of the molecule is CCCNc1ccc(Cl)c(COc2cccc(C)c2)n1. The average molecular weight is 291 g/mol. The van der Waals surface area contributed by atoms with Gasteiger partial charge < -0.3 is 10.1 Å². The van der Waals surface area contributed by atoms with Crippen LogP contribution in [-0.2, 0) is 6.61 Å². The Morgan fingerprint density at radius 1 is 1.25 bits per heavy atom. The van der Waals surface area contributed by atoms with Crippen molar-refractivity contribution in [3.05, 3.63) is 52.7 Å². The van der Waals surface area contributed by atoms with Crippen LogP contribution in [0, 0.1) is 6.92 Å². The number of anilines is 1. The standard InChI is InChI=1S/C16H19ClN2O/c1-3-9-18-16-8-7-14(17)15(19-16)11-20-13-6-4-5-12(2)10-13/h4-8,10H,3,9,11H2,1-2H3,(H,18,19). The fourth-order valence-corrected chi connectivity index (χ4v) is 1.95. The predicted molar refractivity (Wildman–Crippen MR) is 83.5 cm³/mol. The Bertz CT molecular complexity index is 572. The highest BCUT2D eigenvalue weighted by atomic mass is 35.5. The third-order valence-corrected chi connectivity index (χ3v) is 3.18. The molecule has 2 rings (SSSR count). The number of nitrogens with one attached hydrogen (secondary N) is 1. The van der Waals surface area contributed by atoms with Gasteiger partial charge in [-0.1, -0.05) is 30.7 Å². The van der Waals surface area contributed by atoms with Crippen LogP contribution in [0.15, 0.2) is 36.4 Å². The first-order valence-electron chi connectivity index (χ1n) is 6.78. The summed E-state index contributed by atoms with van der Waals surface area (Å²) in [6.45, 7) is 5.41. The first kappa shape index (κ1) is 14.7. The van der Waals surface area contributed by atoms with Gasteiger partial charge in [-0.3, -0.25) is 0 Å². The molecule has 0 radical (unpaired) electrons. The number of benzene rings is 1. The molecule has 1 N–H and O–H groups in total. The summed E-state index contributed by atoms with van der Waals surface area (Å²) in [6.07, 6.45) is 1.05. The van der Waals surface area contributed by atoms with E-state index in [9.17, 15) is 0 Å². The lowest BCUT2D eigenvalue weighted by Crippen LogP contribution is -2.05. The third-order valence-electron chi connectivity index (χ3n) is 2.84. The van der Waals surface area contributed by atoms with E-state index in [2.05, 4.69) is 17.2 Å². The van der Waals surface area contributed by atoms with Gasteiger partial charge in [0.1, 0.15) is 18.2 Å². The number of pyridine rings is 1. The molecule has 1 aromatic heterocycles. The molecule has 4 heteroatoms. The summed E-state index contributed by atoms with van der Waals surface area (Å²) in [5.74, 6) is 1.66. The zero-order chi connectivity index (χ0) is 14.4. The van der Waals surface area contributed by atoms with Gasteiger partial charge in [0.15, 0.2) is 0 Å². The highest BCUT2D eigenvalue weighted by Gasteiger charge is 2.05. The largest absolute Gasteiger partial charge is 0.487 e. The van der Waals surface area contributed by atoms with Crippen LogP contribution in [0.5, 0.6) is 5.75 Å². The van der Waals surface area contributed by atoms with E-state index in [4.69, 9.17) is 16.3 Å². The minimum Gasteiger partial charge on any atom is -0.487 e. The number of hydrogen-bond donors (Lipinski definition) is 1. The normalized spacial score (nSPS) is 10.3. The van der Waals surface area contributed by atoms with E-state index in [1.165, 1.54) is 5.56 Å². The van der Waals surface area contributed by atoms with Crippen LogP contribution in [0.1, 0.15) is 24.6 Å². The number of aryl methyl sites for hydroxylation is 1. The summed E-state index contributed by atoms with van der Waals surface area (Å²) < 4.78 is 5.74. The molecule has 106 valence electrons. The van der Waals surface area contributed by atoms with Crippen molar-refractivity contribution in [1.82, 2.24) is 4.98 Å². The molecule has 0 bridgehead atoms. The minimum atomic E-state index is 0.365. The Balaban J connectivity index is 2.04. The monoisotopic (exact) mass is 290 g/mol. The van der Waals surface area contributed by atoms with Crippen LogP contribution in [0.25, 0.3) is 0 Å². The quantitative estimate of drug-likeness (QED) is 0.854. The van der Waals surface area contributed by atoms with Crippen molar-refractivity contribution >= 4 is 17.4 Å². The molecule has 0 fully saturated rings. The third kappa shape index (κ3) is 4.14. The lowest BCUT2D eigenvalue weighted by Gasteiger charge is -2.10. The molecule has 0 saturated carbocycles. The maximum absolute atomic E-state index is 6.16. The first-order chi connectivity index (χ1) is 9.69. The molecule has 2 aromatic rings. The van der Waals surface area contributed by atoms with Gasteiger partial charge in [0, 0.05) is 6.54 Å². The smallest absolute Gasteiger partial charge is 0.132 e. The fraction of sp³-hybridized carbons (Fsp3) is 0.312. The van der Waals surface area contributed by atoms with Gasteiger partial charge >= 0.3 is 0 Å². The van der Waals surface area contributed by atoms with E-state index in [0.717, 1.165) is 30.2 Å². The summed E-state index contributed by atoms with van der Waals surface area (Å²) in [5, 5.41) is 3.87. The molecule has 0 aliphatic carbocycles. The zero-order valence-corrected chi connectivity index (χ0v) is 12.6. The summed E-state index contributed by atoms with van der Waals surface area (Å²) in [7, 11) is 0. The zero-order valence-electron chi connectivity index (χ0n) is 11.8. The molecule has 0 aliphatic heterocycles. The van der Waals surface area contributed by atoms with Crippen LogP contribution >= 0.6 is 11.6 Å². The Hall–Kier alpha value is -1.74. The molecule has 0 amide bonds. The van der Waals surface area contributed by atoms with Gasteiger partial charge in [0.05, 0.1) is 10.7 Å². The molecule has 1 heterocycles. The predicted octanol–water partition coefficient (Wildman–Crippen LogP) is 4.44. The van der Waals surface area contributed by atoms with E-state index in [1.807, 2.05) is 43.3 Å². The van der Waals surface area contributed by atoms with Gasteiger partial charge in [0.2, 0.25) is 0 Å².